The van der Waals surface area contributed by atoms with Gasteiger partial charge in [-0.2, -0.15) is 0 Å². The molecule has 136 valence electrons. The quantitative estimate of drug-likeness (QED) is 0.424. The maximum absolute atomic E-state index is 12.2. The van der Waals surface area contributed by atoms with Crippen LogP contribution in [0.4, 0.5) is 31.1 Å². The van der Waals surface area contributed by atoms with Crippen LogP contribution in [0.1, 0.15) is 0 Å². The monoisotopic (exact) mass is 394 g/mol. The van der Waals surface area contributed by atoms with Crippen molar-refractivity contribution in [3.63, 3.8) is 0 Å². The molecule has 1 amide bonds. The third-order valence-electron chi connectivity index (χ3n) is 2.89. The molecule has 0 radical (unpaired) electrons. The molecule has 0 atom stereocenters. The zero-order valence-corrected chi connectivity index (χ0v) is 15.6. The summed E-state index contributed by atoms with van der Waals surface area (Å²) in [5.41, 5.74) is 0. The molecule has 1 rings (SSSR count). The van der Waals surface area contributed by atoms with Crippen LogP contribution in [0.25, 0.3) is 0 Å². The Balaban J connectivity index is 0.00000118. The smallest absolute Gasteiger partial charge is 0.402 e. The van der Waals surface area contributed by atoms with Crippen molar-refractivity contribution in [2.24, 2.45) is 0 Å². The molecule has 3 N–H and O–H groups in total. The summed E-state index contributed by atoms with van der Waals surface area (Å²) in [5.74, 6) is 0. The van der Waals surface area contributed by atoms with Crippen molar-refractivity contribution >= 4 is 62.4 Å². The molecule has 0 aromatic carbocycles. The Morgan fingerprint density at radius 1 is 1.04 bits per heavy atom. The Morgan fingerprint density at radius 3 is 1.71 bits per heavy atom. The number of rotatable bonds is 2. The topological polar surface area (TPSA) is 93.5 Å². The number of amides is 1. The predicted octanol–water partition coefficient (Wildman–Crippen LogP) is -0.692. The molecule has 0 bridgehead atoms. The molecular formula is C9H14BF6KN2O5. The molecule has 1 heterocycles. The molecule has 1 saturated heterocycles. The van der Waals surface area contributed by atoms with Gasteiger partial charge in [0, 0.05) is 0 Å². The number of ether oxygens (including phenoxy) is 1. The molecule has 0 unspecified atom stereocenters. The minimum Gasteiger partial charge on any atom is -0.402 e. The number of hydrogen-bond donors (Lipinski definition) is 3. The van der Waals surface area contributed by atoms with E-state index in [2.05, 4.69) is 4.74 Å². The molecule has 0 aromatic rings. The van der Waals surface area contributed by atoms with E-state index < -0.39 is 31.9 Å². The van der Waals surface area contributed by atoms with Crippen molar-refractivity contribution in [3.05, 3.63) is 0 Å². The van der Waals surface area contributed by atoms with Gasteiger partial charge >= 0.3 is 153 Å². The maximum Gasteiger partial charge on any atom is 0.631 e. The summed E-state index contributed by atoms with van der Waals surface area (Å²) in [7, 11) is -2.17. The predicted molar refractivity (Wildman–Crippen MR) is 68.6 cm³/mol. The van der Waals surface area contributed by atoms with Gasteiger partial charge in [-0.3, -0.25) is 0 Å². The van der Waals surface area contributed by atoms with Gasteiger partial charge in [0.05, 0.1) is 0 Å². The summed E-state index contributed by atoms with van der Waals surface area (Å²) in [6.07, 6.45) is -17.0. The van der Waals surface area contributed by atoms with E-state index in [0.717, 1.165) is 5.54 Å². The van der Waals surface area contributed by atoms with E-state index in [9.17, 15) is 31.1 Å². The van der Waals surface area contributed by atoms with Gasteiger partial charge in [0.1, 0.15) is 0 Å². The summed E-state index contributed by atoms with van der Waals surface area (Å²) >= 11 is 0.563. The average Bonchev–Trinajstić information content (AvgIpc) is 2.41. The van der Waals surface area contributed by atoms with E-state index in [0.29, 0.717) is 62.0 Å². The third kappa shape index (κ3) is 9.77. The molecular weight excluding hydrogens is 380 g/mol. The first-order valence-corrected chi connectivity index (χ1v) is 8.85. The zero-order chi connectivity index (χ0) is 19.1. The second kappa shape index (κ2) is 10.5. The summed E-state index contributed by atoms with van der Waals surface area (Å²) in [5, 5.41) is 21.5. The summed E-state index contributed by atoms with van der Waals surface area (Å²) < 4.78 is 78.0. The Hall–Kier alpha value is 0.391. The molecule has 15 heteroatoms. The molecule has 0 aliphatic carbocycles. The minimum atomic E-state index is -5.67. The van der Waals surface area contributed by atoms with Crippen LogP contribution in [0.5, 0.6) is 0 Å². The SMILES string of the molecule is O=C(OC(C(F)(F)F)C(F)(F)F)N1CCN([CH2][K])CC1.OB(O)O. The van der Waals surface area contributed by atoms with Gasteiger partial charge in [0.15, 0.2) is 0 Å². The first-order chi connectivity index (χ1) is 10.8. The van der Waals surface area contributed by atoms with Gasteiger partial charge < -0.3 is 15.1 Å². The molecule has 0 aromatic heterocycles. The Morgan fingerprint density at radius 2 is 1.42 bits per heavy atom. The van der Waals surface area contributed by atoms with Crippen LogP contribution in [-0.4, -0.2) is 133 Å². The second-order valence-electron chi connectivity index (χ2n) is 4.61. The van der Waals surface area contributed by atoms with Crippen LogP contribution in [0.15, 0.2) is 0 Å². The second-order valence-corrected chi connectivity index (χ2v) is 5.60. The first-order valence-electron chi connectivity index (χ1n) is 6.64. The minimum absolute atomic E-state index is 0.0668. The van der Waals surface area contributed by atoms with Crippen LogP contribution in [0, 0.1) is 0 Å². The molecule has 0 saturated carbocycles. The van der Waals surface area contributed by atoms with Crippen LogP contribution in [0.3, 0.4) is 0 Å². The van der Waals surface area contributed by atoms with E-state index in [4.69, 9.17) is 15.1 Å². The van der Waals surface area contributed by atoms with Crippen LogP contribution < -0.4 is 0 Å². The van der Waals surface area contributed by atoms with E-state index in [1.807, 2.05) is 4.90 Å². The number of hydrogen-bond acceptors (Lipinski definition) is 6. The van der Waals surface area contributed by atoms with Crippen molar-refractivity contribution in [3.8, 4) is 0 Å². The van der Waals surface area contributed by atoms with Gasteiger partial charge in [0.2, 0.25) is 0 Å². The van der Waals surface area contributed by atoms with Crippen molar-refractivity contribution < 1.29 is 50.9 Å². The third-order valence-corrected chi connectivity index (χ3v) is 4.29. The molecule has 1 fully saturated rings. The maximum atomic E-state index is 12.2. The fraction of sp³-hybridized carbons (Fsp3) is 0.889. The van der Waals surface area contributed by atoms with Crippen LogP contribution in [-0.2, 0) is 4.74 Å². The fourth-order valence-corrected chi connectivity index (χ4v) is 2.73. The van der Waals surface area contributed by atoms with E-state index >= 15 is 0 Å². The standard InChI is InChI=1S/C9H11F6N2O2.BH3O3.K/c1-16-2-4-17(5-3-16)7(18)19-6(8(10,11)12)9(13,14)15;2-1(3)4;/h6H,1-5H2;2-4H;. The van der Waals surface area contributed by atoms with Gasteiger partial charge in [-0.25, -0.2) is 0 Å². The number of nitrogens with zero attached hydrogens (tertiary/aromatic N) is 2. The van der Waals surface area contributed by atoms with Crippen molar-refractivity contribution in [1.82, 2.24) is 9.80 Å². The average molecular weight is 394 g/mol. The molecule has 24 heavy (non-hydrogen) atoms. The van der Waals surface area contributed by atoms with Crippen molar-refractivity contribution in [1.29, 1.82) is 0 Å². The summed E-state index contributed by atoms with van der Waals surface area (Å²) in [6, 6.07) is 0. The van der Waals surface area contributed by atoms with Crippen molar-refractivity contribution in [2.45, 2.75) is 18.5 Å². The van der Waals surface area contributed by atoms with Gasteiger partial charge in [-0.05, 0) is 0 Å². The summed E-state index contributed by atoms with van der Waals surface area (Å²) in [4.78, 5) is 14.3. The van der Waals surface area contributed by atoms with Gasteiger partial charge in [0.25, 0.3) is 0 Å². The summed E-state index contributed by atoms with van der Waals surface area (Å²) in [6.45, 7) is 0.994. The fourth-order valence-electron chi connectivity index (χ4n) is 1.74. The van der Waals surface area contributed by atoms with Gasteiger partial charge in [-0.1, -0.05) is 0 Å². The van der Waals surface area contributed by atoms with E-state index in [1.165, 1.54) is 0 Å². The largest absolute Gasteiger partial charge is 0.631 e. The first kappa shape index (κ1) is 24.4. The van der Waals surface area contributed by atoms with Crippen LogP contribution >= 0.6 is 0 Å². The number of halogens is 6. The van der Waals surface area contributed by atoms with Crippen LogP contribution in [0.2, 0.25) is 0 Å². The number of carbonyl (C=O) groups excluding carboxylic acids is 1. The Labute approximate surface area is 167 Å². The molecule has 0 spiro atoms. The molecule has 1 aliphatic rings. The zero-order valence-electron chi connectivity index (χ0n) is 12.5. The Kier molecular flexibility index (Phi) is 10.7. The number of carbonyl (C=O) groups is 1. The van der Waals surface area contributed by atoms with E-state index in [-0.39, 0.29) is 13.1 Å². The van der Waals surface area contributed by atoms with Crippen molar-refractivity contribution in [2.75, 3.05) is 26.8 Å². The van der Waals surface area contributed by atoms with E-state index in [1.54, 1.807) is 0 Å². The normalized spacial score (nSPS) is 16.6. The Bertz CT molecular complexity index is 375. The number of piperazine rings is 1. The number of alkyl halides is 6. The molecule has 7 nitrogen and oxygen atoms in total. The van der Waals surface area contributed by atoms with Gasteiger partial charge in [-0.15, -0.1) is 0 Å². The molecule has 1 aliphatic heterocycles.